The van der Waals surface area contributed by atoms with Crippen LogP contribution in [0, 0.1) is 0 Å². The topological polar surface area (TPSA) is 71.8 Å². The van der Waals surface area contributed by atoms with E-state index in [2.05, 4.69) is 39.0 Å². The maximum Gasteiger partial charge on any atom is 0.227 e. The summed E-state index contributed by atoms with van der Waals surface area (Å²) in [4.78, 5) is 12.3. The van der Waals surface area contributed by atoms with Crippen LogP contribution >= 0.6 is 0 Å². The van der Waals surface area contributed by atoms with E-state index in [9.17, 15) is 4.79 Å². The monoisotopic (exact) mass is 347 g/mol. The fourth-order valence-corrected chi connectivity index (χ4v) is 3.22. The van der Waals surface area contributed by atoms with Crippen molar-refractivity contribution < 1.29 is 4.79 Å². The third-order valence-electron chi connectivity index (χ3n) is 4.71. The Morgan fingerprint density at radius 3 is 2.77 bits per heavy atom. The highest BCUT2D eigenvalue weighted by atomic mass is 16.1. The Balaban J connectivity index is 1.39. The van der Waals surface area contributed by atoms with Gasteiger partial charge in [-0.1, -0.05) is 48.5 Å². The lowest BCUT2D eigenvalue weighted by molar-refractivity contribution is -0.120. The van der Waals surface area contributed by atoms with Crippen molar-refractivity contribution in [2.45, 2.75) is 26.1 Å². The highest BCUT2D eigenvalue weighted by Gasteiger charge is 2.14. The molecule has 1 aliphatic rings. The van der Waals surface area contributed by atoms with Crippen molar-refractivity contribution >= 4 is 5.91 Å². The number of nitrogens with one attached hydrogen (secondary N) is 2. The van der Waals surface area contributed by atoms with Gasteiger partial charge in [-0.3, -0.25) is 4.79 Å². The van der Waals surface area contributed by atoms with Gasteiger partial charge in [0.05, 0.1) is 6.42 Å². The summed E-state index contributed by atoms with van der Waals surface area (Å²) in [5.41, 5.74) is 4.76. The molecule has 2 aromatic carbocycles. The number of aromatic nitrogens is 3. The number of hydrogen-bond acceptors (Lipinski definition) is 4. The Bertz CT molecular complexity index is 933. The van der Waals surface area contributed by atoms with E-state index in [1.54, 1.807) is 0 Å². The first-order chi connectivity index (χ1) is 12.7. The Labute approximate surface area is 152 Å². The zero-order valence-corrected chi connectivity index (χ0v) is 14.7. The molecular formula is C20H21N5O. The van der Waals surface area contributed by atoms with Crippen LogP contribution in [0.5, 0.6) is 0 Å². The molecule has 26 heavy (non-hydrogen) atoms. The van der Waals surface area contributed by atoms with Gasteiger partial charge >= 0.3 is 0 Å². The van der Waals surface area contributed by atoms with E-state index in [0.717, 1.165) is 30.0 Å². The van der Waals surface area contributed by atoms with Crippen LogP contribution in [0.15, 0.2) is 48.5 Å². The van der Waals surface area contributed by atoms with Crippen LogP contribution in [0.25, 0.3) is 11.4 Å². The second-order valence-corrected chi connectivity index (χ2v) is 6.52. The molecule has 0 unspecified atom stereocenters. The van der Waals surface area contributed by atoms with Gasteiger partial charge in [-0.25, -0.2) is 0 Å². The second-order valence-electron chi connectivity index (χ2n) is 6.52. The standard InChI is InChI=1S/C20H21N5O/c1-25-18(23-24-20(25)15-5-3-2-4-6-15)10-19(26)22-11-14-7-8-16-12-21-13-17(16)9-14/h2-9,21H,10-13H2,1H3,(H,22,26). The molecule has 4 rings (SSSR count). The molecular weight excluding hydrogens is 326 g/mol. The van der Waals surface area contributed by atoms with Gasteiger partial charge < -0.3 is 15.2 Å². The van der Waals surface area contributed by atoms with Crippen LogP contribution in [0.1, 0.15) is 22.5 Å². The predicted molar refractivity (Wildman–Crippen MR) is 99.0 cm³/mol. The second kappa shape index (κ2) is 7.09. The van der Waals surface area contributed by atoms with Gasteiger partial charge in [0.25, 0.3) is 0 Å². The van der Waals surface area contributed by atoms with Gasteiger partial charge in [0.1, 0.15) is 5.82 Å². The van der Waals surface area contributed by atoms with Crippen molar-refractivity contribution in [2.24, 2.45) is 7.05 Å². The van der Waals surface area contributed by atoms with Crippen molar-refractivity contribution in [2.75, 3.05) is 0 Å². The van der Waals surface area contributed by atoms with E-state index in [0.29, 0.717) is 12.4 Å². The van der Waals surface area contributed by atoms with Crippen LogP contribution < -0.4 is 10.6 Å². The molecule has 1 aromatic heterocycles. The molecule has 6 nitrogen and oxygen atoms in total. The zero-order valence-electron chi connectivity index (χ0n) is 14.7. The lowest BCUT2D eigenvalue weighted by atomic mass is 10.1. The lowest BCUT2D eigenvalue weighted by Gasteiger charge is -2.07. The number of rotatable bonds is 5. The van der Waals surface area contributed by atoms with Crippen molar-refractivity contribution in [1.29, 1.82) is 0 Å². The highest BCUT2D eigenvalue weighted by molar-refractivity contribution is 5.78. The molecule has 0 saturated carbocycles. The number of benzene rings is 2. The summed E-state index contributed by atoms with van der Waals surface area (Å²) in [5, 5.41) is 14.7. The first kappa shape index (κ1) is 16.5. The minimum absolute atomic E-state index is 0.0567. The molecule has 2 N–H and O–H groups in total. The molecule has 0 bridgehead atoms. The van der Waals surface area contributed by atoms with Crippen molar-refractivity contribution in [3.8, 4) is 11.4 Å². The van der Waals surface area contributed by atoms with Crippen LogP contribution in [0.4, 0.5) is 0 Å². The third-order valence-corrected chi connectivity index (χ3v) is 4.71. The summed E-state index contributed by atoms with van der Waals surface area (Å²) >= 11 is 0. The molecule has 0 fully saturated rings. The lowest BCUT2D eigenvalue weighted by Crippen LogP contribution is -2.25. The Morgan fingerprint density at radius 2 is 1.92 bits per heavy atom. The largest absolute Gasteiger partial charge is 0.352 e. The average Bonchev–Trinajstić information content (AvgIpc) is 3.27. The summed E-state index contributed by atoms with van der Waals surface area (Å²) in [5.74, 6) is 1.36. The molecule has 0 saturated heterocycles. The molecule has 0 radical (unpaired) electrons. The smallest absolute Gasteiger partial charge is 0.227 e. The summed E-state index contributed by atoms with van der Waals surface area (Å²) in [6.07, 6.45) is 0.211. The maximum absolute atomic E-state index is 12.3. The quantitative estimate of drug-likeness (QED) is 0.740. The van der Waals surface area contributed by atoms with Gasteiger partial charge in [0, 0.05) is 32.2 Å². The number of carbonyl (C=O) groups excluding carboxylic acids is 1. The van der Waals surface area contributed by atoms with Crippen molar-refractivity contribution in [3.63, 3.8) is 0 Å². The van der Waals surface area contributed by atoms with E-state index in [-0.39, 0.29) is 12.3 Å². The molecule has 6 heteroatoms. The number of amides is 1. The van der Waals surface area contributed by atoms with Crippen LogP contribution in [0.2, 0.25) is 0 Å². The first-order valence-electron chi connectivity index (χ1n) is 8.72. The fraction of sp³-hybridized carbons (Fsp3) is 0.250. The van der Waals surface area contributed by atoms with Crippen molar-refractivity contribution in [1.82, 2.24) is 25.4 Å². The van der Waals surface area contributed by atoms with E-state index in [1.165, 1.54) is 11.1 Å². The molecule has 132 valence electrons. The van der Waals surface area contributed by atoms with E-state index >= 15 is 0 Å². The normalized spacial score (nSPS) is 12.8. The van der Waals surface area contributed by atoms with Crippen LogP contribution in [-0.2, 0) is 37.9 Å². The SMILES string of the molecule is Cn1c(CC(=O)NCc2ccc3c(c2)CNC3)nnc1-c1ccccc1. The van der Waals surface area contributed by atoms with Gasteiger partial charge in [-0.05, 0) is 16.7 Å². The predicted octanol–water partition coefficient (Wildman–Crippen LogP) is 1.94. The number of fused-ring (bicyclic) bond motifs is 1. The average molecular weight is 347 g/mol. The molecule has 3 aromatic rings. The Hall–Kier alpha value is -2.99. The van der Waals surface area contributed by atoms with E-state index in [4.69, 9.17) is 0 Å². The molecule has 0 aliphatic carbocycles. The highest BCUT2D eigenvalue weighted by Crippen LogP contribution is 2.18. The number of hydrogen-bond donors (Lipinski definition) is 2. The maximum atomic E-state index is 12.3. The molecule has 1 aliphatic heterocycles. The fourth-order valence-electron chi connectivity index (χ4n) is 3.22. The van der Waals surface area contributed by atoms with Gasteiger partial charge in [-0.15, -0.1) is 10.2 Å². The molecule has 2 heterocycles. The molecule has 0 spiro atoms. The summed E-state index contributed by atoms with van der Waals surface area (Å²) in [6.45, 7) is 2.35. The van der Waals surface area contributed by atoms with Crippen LogP contribution in [0.3, 0.4) is 0 Å². The first-order valence-corrected chi connectivity index (χ1v) is 8.72. The van der Waals surface area contributed by atoms with Crippen molar-refractivity contribution in [3.05, 3.63) is 71.0 Å². The Morgan fingerprint density at radius 1 is 1.12 bits per heavy atom. The number of carbonyl (C=O) groups is 1. The summed E-state index contributed by atoms with van der Waals surface area (Å²) in [7, 11) is 1.89. The minimum Gasteiger partial charge on any atom is -0.352 e. The summed E-state index contributed by atoms with van der Waals surface area (Å²) in [6, 6.07) is 16.2. The van der Waals surface area contributed by atoms with Gasteiger partial charge in [0.2, 0.25) is 5.91 Å². The molecule has 1 amide bonds. The molecule has 0 atom stereocenters. The number of nitrogens with zero attached hydrogens (tertiary/aromatic N) is 3. The van der Waals surface area contributed by atoms with Gasteiger partial charge in [-0.2, -0.15) is 0 Å². The van der Waals surface area contributed by atoms with Gasteiger partial charge in [0.15, 0.2) is 5.82 Å². The van der Waals surface area contributed by atoms with E-state index < -0.39 is 0 Å². The van der Waals surface area contributed by atoms with Crippen LogP contribution in [-0.4, -0.2) is 20.7 Å². The summed E-state index contributed by atoms with van der Waals surface area (Å²) < 4.78 is 1.87. The Kier molecular flexibility index (Phi) is 4.50. The zero-order chi connectivity index (χ0) is 17.9. The minimum atomic E-state index is -0.0567. The van der Waals surface area contributed by atoms with E-state index in [1.807, 2.05) is 41.9 Å². The third kappa shape index (κ3) is 3.36.